The summed E-state index contributed by atoms with van der Waals surface area (Å²) in [5, 5.41) is 13.2. The number of benzene rings is 1. The van der Waals surface area contributed by atoms with E-state index in [2.05, 4.69) is 37.4 Å². The van der Waals surface area contributed by atoms with E-state index in [-0.39, 0.29) is 0 Å². The first kappa shape index (κ1) is 8.73. The third kappa shape index (κ3) is 1.47. The molecule has 1 saturated heterocycles. The number of β-amino-alcohol motifs (C(OH)–C–C–N with tert-alkyl or cyclic N) is 1. The van der Waals surface area contributed by atoms with Crippen LogP contribution in [0, 0.1) is 13.8 Å². The Bertz CT molecular complexity index is 309. The molecule has 2 nitrogen and oxygen atoms in total. The molecule has 0 radical (unpaired) electrons. The second-order valence-corrected chi connectivity index (χ2v) is 4.01. The van der Waals surface area contributed by atoms with E-state index in [9.17, 15) is 5.11 Å². The van der Waals surface area contributed by atoms with E-state index in [1.165, 1.54) is 11.1 Å². The fourth-order valence-electron chi connectivity index (χ4n) is 1.81. The van der Waals surface area contributed by atoms with Crippen molar-refractivity contribution in [3.63, 3.8) is 0 Å². The van der Waals surface area contributed by atoms with Gasteiger partial charge in [0.1, 0.15) is 5.60 Å². The second kappa shape index (κ2) is 2.82. The Morgan fingerprint density at radius 1 is 1.15 bits per heavy atom. The van der Waals surface area contributed by atoms with Crippen molar-refractivity contribution in [1.82, 2.24) is 5.32 Å². The van der Waals surface area contributed by atoms with Gasteiger partial charge in [0.25, 0.3) is 0 Å². The van der Waals surface area contributed by atoms with Crippen LogP contribution in [0.2, 0.25) is 0 Å². The summed E-state index contributed by atoms with van der Waals surface area (Å²) in [6.45, 7) is 5.48. The summed E-state index contributed by atoms with van der Waals surface area (Å²) in [7, 11) is 0. The molecular weight excluding hydrogens is 162 g/mol. The highest BCUT2D eigenvalue weighted by Crippen LogP contribution is 2.26. The number of aliphatic hydroxyl groups is 1. The standard InChI is InChI=1S/C11H15NO/c1-8-3-9(2)5-10(4-8)11(13)6-12-7-11/h3-5,12-13H,6-7H2,1-2H3. The Morgan fingerprint density at radius 3 is 2.08 bits per heavy atom. The molecule has 1 fully saturated rings. The van der Waals surface area contributed by atoms with Gasteiger partial charge < -0.3 is 10.4 Å². The molecule has 1 aromatic rings. The first-order valence-corrected chi connectivity index (χ1v) is 4.62. The molecule has 0 aliphatic carbocycles. The van der Waals surface area contributed by atoms with Gasteiger partial charge in [0, 0.05) is 13.1 Å². The predicted octanol–water partition coefficient (Wildman–Crippen LogP) is 1.09. The van der Waals surface area contributed by atoms with Gasteiger partial charge in [-0.3, -0.25) is 0 Å². The van der Waals surface area contributed by atoms with Crippen LogP contribution in [-0.2, 0) is 5.60 Å². The lowest BCUT2D eigenvalue weighted by Crippen LogP contribution is -2.56. The normalized spacial score (nSPS) is 19.6. The van der Waals surface area contributed by atoms with E-state index in [4.69, 9.17) is 0 Å². The molecule has 0 atom stereocenters. The van der Waals surface area contributed by atoms with Crippen molar-refractivity contribution < 1.29 is 5.11 Å². The van der Waals surface area contributed by atoms with E-state index in [1.54, 1.807) is 0 Å². The summed E-state index contributed by atoms with van der Waals surface area (Å²) in [6.07, 6.45) is 0. The average Bonchev–Trinajstić information content (AvgIpc) is 1.98. The SMILES string of the molecule is Cc1cc(C)cc(C2(O)CNC2)c1. The molecule has 0 saturated carbocycles. The minimum Gasteiger partial charge on any atom is -0.382 e. The average molecular weight is 177 g/mol. The van der Waals surface area contributed by atoms with Crippen LogP contribution in [-0.4, -0.2) is 18.2 Å². The van der Waals surface area contributed by atoms with Gasteiger partial charge in [-0.15, -0.1) is 0 Å². The molecule has 2 heteroatoms. The summed E-state index contributed by atoms with van der Waals surface area (Å²) in [5.74, 6) is 0. The molecule has 1 aliphatic heterocycles. The summed E-state index contributed by atoms with van der Waals surface area (Å²) in [4.78, 5) is 0. The van der Waals surface area contributed by atoms with Crippen molar-refractivity contribution in [1.29, 1.82) is 0 Å². The highest BCUT2D eigenvalue weighted by atomic mass is 16.3. The second-order valence-electron chi connectivity index (χ2n) is 4.01. The van der Waals surface area contributed by atoms with Gasteiger partial charge in [-0.2, -0.15) is 0 Å². The Balaban J connectivity index is 2.39. The molecule has 1 aliphatic rings. The molecule has 1 heterocycles. The van der Waals surface area contributed by atoms with Crippen molar-refractivity contribution in [2.24, 2.45) is 0 Å². The molecule has 2 N–H and O–H groups in total. The summed E-state index contributed by atoms with van der Waals surface area (Å²) in [6, 6.07) is 6.25. The number of rotatable bonds is 1. The van der Waals surface area contributed by atoms with Crippen LogP contribution in [0.25, 0.3) is 0 Å². The zero-order chi connectivity index (χ0) is 9.47. The van der Waals surface area contributed by atoms with E-state index < -0.39 is 5.60 Å². The molecule has 1 aromatic carbocycles. The van der Waals surface area contributed by atoms with Crippen LogP contribution in [0.15, 0.2) is 18.2 Å². The smallest absolute Gasteiger partial charge is 0.114 e. The largest absolute Gasteiger partial charge is 0.382 e. The molecule has 70 valence electrons. The number of hydrogen-bond donors (Lipinski definition) is 2. The van der Waals surface area contributed by atoms with Crippen molar-refractivity contribution in [2.45, 2.75) is 19.4 Å². The van der Waals surface area contributed by atoms with Gasteiger partial charge >= 0.3 is 0 Å². The Hall–Kier alpha value is -0.860. The van der Waals surface area contributed by atoms with Crippen LogP contribution < -0.4 is 5.32 Å². The molecule has 0 amide bonds. The van der Waals surface area contributed by atoms with Gasteiger partial charge in [0.2, 0.25) is 0 Å². The fourth-order valence-corrected chi connectivity index (χ4v) is 1.81. The number of nitrogens with one attached hydrogen (secondary N) is 1. The van der Waals surface area contributed by atoms with Gasteiger partial charge in [0.05, 0.1) is 0 Å². The highest BCUT2D eigenvalue weighted by Gasteiger charge is 2.36. The quantitative estimate of drug-likeness (QED) is 0.673. The maximum Gasteiger partial charge on any atom is 0.114 e. The Labute approximate surface area is 78.6 Å². The Kier molecular flexibility index (Phi) is 1.90. The molecule has 13 heavy (non-hydrogen) atoms. The molecular formula is C11H15NO. The summed E-state index contributed by atoms with van der Waals surface area (Å²) in [5.41, 5.74) is 2.87. The summed E-state index contributed by atoms with van der Waals surface area (Å²) >= 11 is 0. The zero-order valence-electron chi connectivity index (χ0n) is 8.09. The highest BCUT2D eigenvalue weighted by molar-refractivity contribution is 5.34. The van der Waals surface area contributed by atoms with Crippen LogP contribution in [0.3, 0.4) is 0 Å². The molecule has 0 spiro atoms. The maximum atomic E-state index is 10.1. The van der Waals surface area contributed by atoms with Crippen molar-refractivity contribution >= 4 is 0 Å². The lowest BCUT2D eigenvalue weighted by molar-refractivity contribution is -0.0147. The third-order valence-corrected chi connectivity index (χ3v) is 2.59. The third-order valence-electron chi connectivity index (χ3n) is 2.59. The topological polar surface area (TPSA) is 32.3 Å². The van der Waals surface area contributed by atoms with Crippen molar-refractivity contribution in [3.8, 4) is 0 Å². The predicted molar refractivity (Wildman–Crippen MR) is 52.7 cm³/mol. The van der Waals surface area contributed by atoms with E-state index in [0.29, 0.717) is 13.1 Å². The molecule has 0 unspecified atom stereocenters. The van der Waals surface area contributed by atoms with Crippen LogP contribution in [0.1, 0.15) is 16.7 Å². The zero-order valence-corrected chi connectivity index (χ0v) is 8.09. The van der Waals surface area contributed by atoms with Gasteiger partial charge in [-0.05, 0) is 19.4 Å². The van der Waals surface area contributed by atoms with Crippen LogP contribution in [0.5, 0.6) is 0 Å². The van der Waals surface area contributed by atoms with Crippen molar-refractivity contribution in [3.05, 3.63) is 34.9 Å². The minimum atomic E-state index is -0.614. The van der Waals surface area contributed by atoms with E-state index in [0.717, 1.165) is 5.56 Å². The molecule has 0 bridgehead atoms. The van der Waals surface area contributed by atoms with E-state index in [1.807, 2.05) is 0 Å². The van der Waals surface area contributed by atoms with E-state index >= 15 is 0 Å². The minimum absolute atomic E-state index is 0.614. The van der Waals surface area contributed by atoms with Gasteiger partial charge in [-0.1, -0.05) is 29.3 Å². The monoisotopic (exact) mass is 177 g/mol. The lowest BCUT2D eigenvalue weighted by Gasteiger charge is -2.38. The maximum absolute atomic E-state index is 10.1. The first-order valence-electron chi connectivity index (χ1n) is 4.62. The summed E-state index contributed by atoms with van der Waals surface area (Å²) < 4.78 is 0. The van der Waals surface area contributed by atoms with Crippen LogP contribution in [0.4, 0.5) is 0 Å². The fraction of sp³-hybridized carbons (Fsp3) is 0.455. The number of hydrogen-bond acceptors (Lipinski definition) is 2. The number of aryl methyl sites for hydroxylation is 2. The van der Waals surface area contributed by atoms with Crippen molar-refractivity contribution in [2.75, 3.05) is 13.1 Å². The molecule has 2 rings (SSSR count). The first-order chi connectivity index (χ1) is 6.10. The van der Waals surface area contributed by atoms with Crippen LogP contribution >= 0.6 is 0 Å². The molecule has 0 aromatic heterocycles. The van der Waals surface area contributed by atoms with Gasteiger partial charge in [-0.25, -0.2) is 0 Å². The van der Waals surface area contributed by atoms with Gasteiger partial charge in [0.15, 0.2) is 0 Å². The Morgan fingerprint density at radius 2 is 1.69 bits per heavy atom. The lowest BCUT2D eigenvalue weighted by atomic mass is 9.86.